The molecule has 0 spiro atoms. The number of nitrogens with zero attached hydrogens (tertiary/aromatic N) is 2. The van der Waals surface area contributed by atoms with E-state index in [1.807, 2.05) is 49.1 Å². The topological polar surface area (TPSA) is 40.6 Å². The number of amides is 1. The molecule has 0 aromatic carbocycles. The molecule has 1 fully saturated rings. The third kappa shape index (κ3) is 7.38. The summed E-state index contributed by atoms with van der Waals surface area (Å²) in [5, 5.41) is 0. The zero-order valence-electron chi connectivity index (χ0n) is 18.6. The monoisotopic (exact) mass is 414 g/mol. The molecule has 4 nitrogen and oxygen atoms in total. The van der Waals surface area contributed by atoms with Gasteiger partial charge in [0.25, 0.3) is 5.91 Å². The van der Waals surface area contributed by atoms with Crippen LogP contribution in [0.1, 0.15) is 26.7 Å². The van der Waals surface area contributed by atoms with E-state index >= 15 is 0 Å². The first-order valence-corrected chi connectivity index (χ1v) is 10.4. The van der Waals surface area contributed by atoms with Crippen molar-refractivity contribution in [1.29, 1.82) is 0 Å². The predicted octanol–water partition coefficient (Wildman–Crippen LogP) is 4.44. The maximum absolute atomic E-state index is 12.6. The minimum absolute atomic E-state index is 0.0738. The van der Waals surface area contributed by atoms with Gasteiger partial charge in [-0.1, -0.05) is 55.7 Å². The highest BCUT2D eigenvalue weighted by Gasteiger charge is 2.30. The van der Waals surface area contributed by atoms with Gasteiger partial charge in [0.1, 0.15) is 0 Å². The van der Waals surface area contributed by atoms with E-state index in [1.165, 1.54) is 0 Å². The van der Waals surface area contributed by atoms with Crippen LogP contribution in [0.25, 0.3) is 0 Å². The minimum Gasteiger partial charge on any atom is -0.334 e. The van der Waals surface area contributed by atoms with Crippen molar-refractivity contribution in [1.82, 2.24) is 9.80 Å². The molecular weight excluding hydrogens is 379 g/mol. The Morgan fingerprint density at radius 1 is 1.17 bits per heavy atom. The Labute approximate surface area is 180 Å². The molecule has 0 N–H and O–H groups in total. The fourth-order valence-corrected chi connectivity index (χ4v) is 3.70. The lowest BCUT2D eigenvalue weighted by molar-refractivity contribution is -0.125. The first-order valence-electron chi connectivity index (χ1n) is 10.4. The van der Waals surface area contributed by atoms with Crippen LogP contribution in [0.3, 0.4) is 0 Å². The van der Waals surface area contributed by atoms with E-state index in [9.17, 15) is 14.0 Å². The van der Waals surface area contributed by atoms with Gasteiger partial charge in [-0.25, -0.2) is 0 Å². The molecular formula is C25H35FN2O2. The molecule has 0 saturated carbocycles. The van der Waals surface area contributed by atoms with Gasteiger partial charge in [0, 0.05) is 24.2 Å². The van der Waals surface area contributed by atoms with E-state index in [1.54, 1.807) is 12.2 Å². The Morgan fingerprint density at radius 3 is 2.40 bits per heavy atom. The number of piperidine rings is 1. The van der Waals surface area contributed by atoms with E-state index in [4.69, 9.17) is 0 Å². The van der Waals surface area contributed by atoms with Gasteiger partial charge in [-0.2, -0.15) is 0 Å². The molecule has 2 heterocycles. The van der Waals surface area contributed by atoms with Crippen molar-refractivity contribution in [3.05, 3.63) is 72.4 Å². The smallest absolute Gasteiger partial charge is 0.254 e. The summed E-state index contributed by atoms with van der Waals surface area (Å²) in [6.45, 7) is 15.2. The largest absolute Gasteiger partial charge is 0.334 e. The molecule has 30 heavy (non-hydrogen) atoms. The molecule has 1 saturated heterocycles. The third-order valence-corrected chi connectivity index (χ3v) is 5.31. The summed E-state index contributed by atoms with van der Waals surface area (Å²) < 4.78 is 9.50. The van der Waals surface area contributed by atoms with Gasteiger partial charge in [0.05, 0.1) is 13.7 Å². The number of Topliss-reactive ketones (excluding diaryl/α,β-unsaturated/α-hetero) is 1. The highest BCUT2D eigenvalue weighted by Crippen LogP contribution is 2.25. The molecule has 2 aliphatic heterocycles. The van der Waals surface area contributed by atoms with Crippen LogP contribution < -0.4 is 0 Å². The quantitative estimate of drug-likeness (QED) is 0.414. The lowest BCUT2D eigenvalue weighted by atomic mass is 9.95. The standard InChI is InChI=1S/C24H32N2O2.CH3F/c1-5-8-9-11-19(4)23(27)18-25-14-12-20(13-15-25)16-26-17-21(10-6-2)22(7-3)24(26)28;1-2/h5-11,20H,3-4,12-18H2,1-2H3;1H3/b8-5-,10-6-,11-9-;. The number of likely N-dealkylation sites (tertiary alicyclic amines) is 1. The number of halogens is 1. The highest BCUT2D eigenvalue weighted by molar-refractivity contribution is 6.00. The highest BCUT2D eigenvalue weighted by atomic mass is 19.1. The van der Waals surface area contributed by atoms with Crippen LogP contribution in [0, 0.1) is 5.92 Å². The molecule has 0 bridgehead atoms. The van der Waals surface area contributed by atoms with E-state index in [0.717, 1.165) is 43.6 Å². The van der Waals surface area contributed by atoms with Crippen LogP contribution >= 0.6 is 0 Å². The van der Waals surface area contributed by atoms with Crippen molar-refractivity contribution in [2.24, 2.45) is 5.92 Å². The van der Waals surface area contributed by atoms with Crippen molar-refractivity contribution in [3.63, 3.8) is 0 Å². The summed E-state index contributed by atoms with van der Waals surface area (Å²) in [6.07, 6.45) is 15.0. The second-order valence-electron chi connectivity index (χ2n) is 7.38. The summed E-state index contributed by atoms with van der Waals surface area (Å²) in [6, 6.07) is 0. The number of ketones is 1. The number of carbonyl (C=O) groups excluding carboxylic acids is 2. The van der Waals surface area contributed by atoms with Gasteiger partial charge in [-0.15, -0.1) is 0 Å². The van der Waals surface area contributed by atoms with Crippen LogP contribution in [0.4, 0.5) is 4.39 Å². The number of allylic oxidation sites excluding steroid dienone is 5. The van der Waals surface area contributed by atoms with E-state index in [0.29, 0.717) is 31.8 Å². The molecule has 0 aliphatic carbocycles. The Morgan fingerprint density at radius 2 is 1.83 bits per heavy atom. The summed E-state index contributed by atoms with van der Waals surface area (Å²) >= 11 is 0. The zero-order valence-corrected chi connectivity index (χ0v) is 18.6. The van der Waals surface area contributed by atoms with Gasteiger partial charge < -0.3 is 4.90 Å². The number of hydrogen-bond donors (Lipinski definition) is 0. The predicted molar refractivity (Wildman–Crippen MR) is 123 cm³/mol. The molecule has 0 aromatic heterocycles. The van der Waals surface area contributed by atoms with Crippen molar-refractivity contribution < 1.29 is 14.0 Å². The Kier molecular flexibility index (Phi) is 11.6. The molecule has 1 amide bonds. The third-order valence-electron chi connectivity index (χ3n) is 5.31. The maximum Gasteiger partial charge on any atom is 0.254 e. The molecule has 0 aromatic rings. The molecule has 0 unspecified atom stereocenters. The Hall–Kier alpha value is -2.53. The Balaban J connectivity index is 0.00000218. The van der Waals surface area contributed by atoms with Crippen LogP contribution in [-0.4, -0.2) is 61.4 Å². The fourth-order valence-electron chi connectivity index (χ4n) is 3.70. The summed E-state index contributed by atoms with van der Waals surface area (Å²) in [5.41, 5.74) is 2.32. The van der Waals surface area contributed by atoms with Crippen LogP contribution in [-0.2, 0) is 9.59 Å². The molecule has 5 heteroatoms. The molecule has 2 aliphatic rings. The lowest BCUT2D eigenvalue weighted by Gasteiger charge is -2.33. The molecule has 0 atom stereocenters. The summed E-state index contributed by atoms with van der Waals surface area (Å²) in [4.78, 5) is 29.0. The molecule has 164 valence electrons. The van der Waals surface area contributed by atoms with Crippen molar-refractivity contribution >= 4 is 11.7 Å². The first kappa shape index (κ1) is 25.5. The maximum atomic E-state index is 12.6. The van der Waals surface area contributed by atoms with Gasteiger partial charge in [0.2, 0.25) is 0 Å². The number of hydrogen-bond acceptors (Lipinski definition) is 3. The average molecular weight is 415 g/mol. The number of rotatable bonds is 9. The van der Waals surface area contributed by atoms with Gasteiger partial charge >= 0.3 is 0 Å². The first-order chi connectivity index (χ1) is 14.5. The lowest BCUT2D eigenvalue weighted by Crippen LogP contribution is -2.41. The minimum atomic E-state index is 0.0738. The number of carbonyl (C=O) groups is 2. The zero-order chi connectivity index (χ0) is 22.5. The number of alkyl halides is 1. The average Bonchev–Trinajstić information content (AvgIpc) is 3.05. The van der Waals surface area contributed by atoms with Crippen LogP contribution in [0.5, 0.6) is 0 Å². The van der Waals surface area contributed by atoms with E-state index < -0.39 is 0 Å². The van der Waals surface area contributed by atoms with E-state index in [2.05, 4.69) is 18.1 Å². The van der Waals surface area contributed by atoms with Crippen LogP contribution in [0.2, 0.25) is 0 Å². The second-order valence-corrected chi connectivity index (χ2v) is 7.38. The van der Waals surface area contributed by atoms with Crippen molar-refractivity contribution in [3.8, 4) is 0 Å². The van der Waals surface area contributed by atoms with Gasteiger partial charge in [0.15, 0.2) is 5.78 Å². The van der Waals surface area contributed by atoms with Gasteiger partial charge in [-0.3, -0.25) is 18.9 Å². The van der Waals surface area contributed by atoms with Crippen LogP contribution in [0.15, 0.2) is 72.4 Å². The normalized spacial score (nSPS) is 18.5. The van der Waals surface area contributed by atoms with Crippen molar-refractivity contribution in [2.75, 3.05) is 39.9 Å². The van der Waals surface area contributed by atoms with Crippen molar-refractivity contribution in [2.45, 2.75) is 26.7 Å². The summed E-state index contributed by atoms with van der Waals surface area (Å²) in [7, 11) is 0.500. The Bertz CT molecular complexity index is 738. The SMILES string of the molecule is C=CC1=C(/C=C\C)CN(CC2CCN(CC(=O)C(=C)/C=C\C=C/C)CC2)C1=O.CF. The summed E-state index contributed by atoms with van der Waals surface area (Å²) in [5.74, 6) is 0.638. The van der Waals surface area contributed by atoms with E-state index in [-0.39, 0.29) is 11.7 Å². The molecule has 2 rings (SSSR count). The molecule has 0 radical (unpaired) electrons. The fraction of sp³-hybridized carbons (Fsp3) is 0.440. The second kappa shape index (κ2) is 13.6. The van der Waals surface area contributed by atoms with Gasteiger partial charge in [-0.05, 0) is 51.3 Å².